The second kappa shape index (κ2) is 8.91. The monoisotopic (exact) mass is 385 g/mol. The number of aromatic nitrogens is 2. The van der Waals surface area contributed by atoms with Crippen molar-refractivity contribution in [3.05, 3.63) is 54.1 Å². The topological polar surface area (TPSA) is 68.0 Å². The van der Waals surface area contributed by atoms with Gasteiger partial charge in [0.15, 0.2) is 0 Å². The predicted octanol–water partition coefficient (Wildman–Crippen LogP) is 4.75. The van der Waals surface area contributed by atoms with Crippen molar-refractivity contribution in [3.8, 4) is 11.5 Å². The van der Waals surface area contributed by atoms with Gasteiger partial charge in [0.05, 0.1) is 6.42 Å². The summed E-state index contributed by atoms with van der Waals surface area (Å²) in [5, 5.41) is 10.5. The largest absolute Gasteiger partial charge is 0.403 e. The van der Waals surface area contributed by atoms with Gasteiger partial charge in [-0.05, 0) is 54.0 Å². The van der Waals surface area contributed by atoms with Gasteiger partial charge in [-0.15, -0.1) is 28.6 Å². The summed E-state index contributed by atoms with van der Waals surface area (Å²) in [6.45, 7) is 2.11. The van der Waals surface area contributed by atoms with Gasteiger partial charge in [-0.2, -0.15) is 0 Å². The molecule has 0 bridgehead atoms. The molecule has 3 rings (SSSR count). The summed E-state index contributed by atoms with van der Waals surface area (Å²) >= 11 is 3.44. The Hall–Kier alpha value is -2.25. The summed E-state index contributed by atoms with van der Waals surface area (Å²) in [5.41, 5.74) is 1.76. The Morgan fingerprint density at radius 3 is 2.38 bits per heavy atom. The molecule has 1 aromatic heterocycles. The molecule has 1 N–H and O–H groups in total. The third-order valence-electron chi connectivity index (χ3n) is 3.61. The molecule has 7 heteroatoms. The first-order chi connectivity index (χ1) is 12.7. The lowest BCUT2D eigenvalue weighted by molar-refractivity contribution is -0.115. The fourth-order valence-corrected chi connectivity index (χ4v) is 3.41. The molecule has 0 aliphatic carbocycles. The summed E-state index contributed by atoms with van der Waals surface area (Å²) in [4.78, 5) is 14.5. The Kier molecular flexibility index (Phi) is 6.35. The third-order valence-corrected chi connectivity index (χ3v) is 5.25. The predicted molar refractivity (Wildman–Crippen MR) is 107 cm³/mol. The van der Waals surface area contributed by atoms with Crippen LogP contribution in [0, 0.1) is 0 Å². The van der Waals surface area contributed by atoms with Gasteiger partial charge in [0.2, 0.25) is 11.8 Å². The number of nitrogens with one attached hydrogen (secondary N) is 1. The van der Waals surface area contributed by atoms with Gasteiger partial charge >= 0.3 is 6.01 Å². The molecule has 134 valence electrons. The molecule has 0 radical (unpaired) electrons. The Labute approximate surface area is 161 Å². The van der Waals surface area contributed by atoms with Crippen LogP contribution >= 0.6 is 23.5 Å². The van der Waals surface area contributed by atoms with Crippen LogP contribution in [0.2, 0.25) is 0 Å². The molecule has 0 atom stereocenters. The van der Waals surface area contributed by atoms with Crippen molar-refractivity contribution >= 4 is 35.4 Å². The van der Waals surface area contributed by atoms with Crippen molar-refractivity contribution in [2.45, 2.75) is 23.1 Å². The second-order valence-corrected chi connectivity index (χ2v) is 7.66. The van der Waals surface area contributed by atoms with Crippen LogP contribution in [0.4, 0.5) is 6.01 Å². The van der Waals surface area contributed by atoms with Crippen LogP contribution in [0.1, 0.15) is 12.5 Å². The van der Waals surface area contributed by atoms with E-state index in [2.05, 4.69) is 22.4 Å². The van der Waals surface area contributed by atoms with E-state index in [1.807, 2.05) is 54.8 Å². The number of benzene rings is 2. The van der Waals surface area contributed by atoms with Crippen LogP contribution in [-0.2, 0) is 11.2 Å². The maximum atomic E-state index is 12.2. The number of thioether (sulfide) groups is 2. The highest BCUT2D eigenvalue weighted by atomic mass is 32.2. The van der Waals surface area contributed by atoms with Crippen LogP contribution in [0.5, 0.6) is 0 Å². The van der Waals surface area contributed by atoms with Gasteiger partial charge in [0, 0.05) is 15.4 Å². The lowest BCUT2D eigenvalue weighted by atomic mass is 10.1. The molecule has 2 aromatic carbocycles. The Balaban J connectivity index is 1.60. The molecule has 1 heterocycles. The number of hydrogen-bond acceptors (Lipinski definition) is 6. The second-order valence-electron chi connectivity index (χ2n) is 5.44. The average molecular weight is 386 g/mol. The van der Waals surface area contributed by atoms with Crippen molar-refractivity contribution in [2.75, 3.05) is 17.3 Å². The number of rotatable bonds is 7. The summed E-state index contributed by atoms with van der Waals surface area (Å²) in [5.74, 6) is 1.22. The first-order valence-electron chi connectivity index (χ1n) is 8.17. The molecule has 3 aromatic rings. The summed E-state index contributed by atoms with van der Waals surface area (Å²) < 4.78 is 5.54. The zero-order valence-corrected chi connectivity index (χ0v) is 16.2. The Morgan fingerprint density at radius 2 is 1.73 bits per heavy atom. The minimum atomic E-state index is -0.186. The van der Waals surface area contributed by atoms with Crippen molar-refractivity contribution in [1.29, 1.82) is 0 Å². The lowest BCUT2D eigenvalue weighted by Gasteiger charge is -2.03. The van der Waals surface area contributed by atoms with Gasteiger partial charge in [-0.1, -0.05) is 24.2 Å². The SMILES string of the molecule is CCSc1ccc(CC(=O)Nc2nnc(-c3ccc(SC)cc3)o2)cc1. The minimum absolute atomic E-state index is 0.108. The lowest BCUT2D eigenvalue weighted by Crippen LogP contribution is -2.14. The molecule has 0 aliphatic heterocycles. The van der Waals surface area contributed by atoms with Gasteiger partial charge in [-0.3, -0.25) is 10.1 Å². The maximum Gasteiger partial charge on any atom is 0.322 e. The molecule has 5 nitrogen and oxygen atoms in total. The average Bonchev–Trinajstić information content (AvgIpc) is 3.12. The highest BCUT2D eigenvalue weighted by Gasteiger charge is 2.12. The quantitative estimate of drug-likeness (QED) is 0.592. The van der Waals surface area contributed by atoms with Crippen molar-refractivity contribution < 1.29 is 9.21 Å². The zero-order valence-electron chi connectivity index (χ0n) is 14.6. The fourth-order valence-electron chi connectivity index (χ4n) is 2.34. The van der Waals surface area contributed by atoms with Crippen molar-refractivity contribution in [2.24, 2.45) is 0 Å². The molecule has 0 saturated carbocycles. The number of carbonyl (C=O) groups is 1. The molecule has 0 unspecified atom stereocenters. The van der Waals surface area contributed by atoms with E-state index in [1.54, 1.807) is 23.5 Å². The molecular formula is C19H19N3O2S2. The van der Waals surface area contributed by atoms with E-state index in [0.29, 0.717) is 5.89 Å². The number of amides is 1. The highest BCUT2D eigenvalue weighted by molar-refractivity contribution is 7.99. The standard InChI is InChI=1S/C19H19N3O2S2/c1-3-26-16-8-4-13(5-9-16)12-17(23)20-19-22-21-18(24-19)14-6-10-15(25-2)11-7-14/h4-11H,3,12H2,1-2H3,(H,20,22,23). The van der Waals surface area contributed by atoms with E-state index in [4.69, 9.17) is 4.42 Å². The fraction of sp³-hybridized carbons (Fsp3) is 0.211. The van der Waals surface area contributed by atoms with Crippen molar-refractivity contribution in [1.82, 2.24) is 10.2 Å². The summed E-state index contributed by atoms with van der Waals surface area (Å²) in [6.07, 6.45) is 2.28. The smallest absolute Gasteiger partial charge is 0.322 e. The van der Waals surface area contributed by atoms with Crippen LogP contribution < -0.4 is 5.32 Å². The van der Waals surface area contributed by atoms with E-state index in [0.717, 1.165) is 21.8 Å². The summed E-state index contributed by atoms with van der Waals surface area (Å²) in [6, 6.07) is 15.9. The normalized spacial score (nSPS) is 10.7. The van der Waals surface area contributed by atoms with Crippen molar-refractivity contribution in [3.63, 3.8) is 0 Å². The van der Waals surface area contributed by atoms with Crippen LogP contribution in [0.15, 0.2) is 62.7 Å². The Morgan fingerprint density at radius 1 is 1.04 bits per heavy atom. The molecule has 0 saturated heterocycles. The molecule has 26 heavy (non-hydrogen) atoms. The number of nitrogens with zero attached hydrogens (tertiary/aromatic N) is 2. The highest BCUT2D eigenvalue weighted by Crippen LogP contribution is 2.23. The Bertz CT molecular complexity index is 861. The van der Waals surface area contributed by atoms with E-state index < -0.39 is 0 Å². The molecule has 0 fully saturated rings. The van der Waals surface area contributed by atoms with Crippen LogP contribution in [0.25, 0.3) is 11.5 Å². The molecular weight excluding hydrogens is 366 g/mol. The number of anilines is 1. The van der Waals surface area contributed by atoms with Crippen LogP contribution in [-0.4, -0.2) is 28.1 Å². The maximum absolute atomic E-state index is 12.2. The van der Waals surface area contributed by atoms with E-state index in [1.165, 1.54) is 4.90 Å². The van der Waals surface area contributed by atoms with Gasteiger partial charge < -0.3 is 4.42 Å². The first kappa shape index (κ1) is 18.5. The number of carbonyl (C=O) groups excluding carboxylic acids is 1. The zero-order chi connectivity index (χ0) is 18.4. The minimum Gasteiger partial charge on any atom is -0.403 e. The van der Waals surface area contributed by atoms with E-state index >= 15 is 0 Å². The number of hydrogen-bond donors (Lipinski definition) is 1. The van der Waals surface area contributed by atoms with E-state index in [-0.39, 0.29) is 18.3 Å². The van der Waals surface area contributed by atoms with Crippen LogP contribution in [0.3, 0.4) is 0 Å². The van der Waals surface area contributed by atoms with Gasteiger partial charge in [0.1, 0.15) is 0 Å². The molecule has 1 amide bonds. The van der Waals surface area contributed by atoms with E-state index in [9.17, 15) is 4.79 Å². The van der Waals surface area contributed by atoms with Gasteiger partial charge in [-0.25, -0.2) is 0 Å². The van der Waals surface area contributed by atoms with Gasteiger partial charge in [0.25, 0.3) is 0 Å². The molecule has 0 spiro atoms. The molecule has 0 aliphatic rings. The summed E-state index contributed by atoms with van der Waals surface area (Å²) in [7, 11) is 0. The first-order valence-corrected chi connectivity index (χ1v) is 10.4. The third kappa shape index (κ3) is 4.89.